The summed E-state index contributed by atoms with van der Waals surface area (Å²) in [6.07, 6.45) is 3.07. The number of carboxylic acids is 1. The van der Waals surface area contributed by atoms with Crippen molar-refractivity contribution >= 4 is 5.97 Å². The third-order valence-corrected chi connectivity index (χ3v) is 3.95. The normalized spacial score (nSPS) is 17.9. The molecule has 19 heavy (non-hydrogen) atoms. The number of aliphatic hydroxyl groups is 1. The van der Waals surface area contributed by atoms with Crippen LogP contribution in [0.2, 0.25) is 0 Å². The average molecular weight is 263 g/mol. The van der Waals surface area contributed by atoms with E-state index < -0.39 is 11.9 Å². The lowest BCUT2D eigenvalue weighted by atomic mass is 9.98. The van der Waals surface area contributed by atoms with Gasteiger partial charge in [-0.05, 0) is 30.2 Å². The summed E-state index contributed by atoms with van der Waals surface area (Å²) in [5, 5.41) is 21.6. The van der Waals surface area contributed by atoms with Gasteiger partial charge in [-0.3, -0.25) is 4.79 Å². The molecule has 4 heteroatoms. The third-order valence-electron chi connectivity index (χ3n) is 3.95. The highest BCUT2D eigenvalue weighted by Crippen LogP contribution is 2.47. The van der Waals surface area contributed by atoms with Crippen molar-refractivity contribution < 1.29 is 15.0 Å². The Balaban J connectivity index is 1.87. The number of hydrogen-bond acceptors (Lipinski definition) is 3. The van der Waals surface area contributed by atoms with Crippen LogP contribution in [-0.4, -0.2) is 35.9 Å². The Morgan fingerprint density at radius 1 is 1.32 bits per heavy atom. The van der Waals surface area contributed by atoms with Crippen LogP contribution in [0.15, 0.2) is 30.3 Å². The van der Waals surface area contributed by atoms with E-state index in [0.29, 0.717) is 6.54 Å². The van der Waals surface area contributed by atoms with Gasteiger partial charge < -0.3 is 15.5 Å². The van der Waals surface area contributed by atoms with E-state index in [1.165, 1.54) is 0 Å². The summed E-state index contributed by atoms with van der Waals surface area (Å²) in [6.45, 7) is 1.44. The van der Waals surface area contributed by atoms with Gasteiger partial charge in [-0.1, -0.05) is 30.3 Å². The van der Waals surface area contributed by atoms with Crippen LogP contribution >= 0.6 is 0 Å². The van der Waals surface area contributed by atoms with Crippen LogP contribution in [0, 0.1) is 5.41 Å². The number of hydrogen-bond donors (Lipinski definition) is 3. The third kappa shape index (κ3) is 3.78. The molecule has 1 unspecified atom stereocenters. The van der Waals surface area contributed by atoms with Crippen LogP contribution in [-0.2, 0) is 4.79 Å². The highest BCUT2D eigenvalue weighted by Gasteiger charge is 2.41. The zero-order chi connectivity index (χ0) is 13.7. The zero-order valence-electron chi connectivity index (χ0n) is 11.0. The van der Waals surface area contributed by atoms with E-state index in [1.807, 2.05) is 30.3 Å². The molecule has 1 aromatic rings. The van der Waals surface area contributed by atoms with Gasteiger partial charge in [0, 0.05) is 19.7 Å². The Bertz CT molecular complexity index is 415. The van der Waals surface area contributed by atoms with Crippen molar-refractivity contribution in [3.8, 4) is 0 Å². The quantitative estimate of drug-likeness (QED) is 0.666. The topological polar surface area (TPSA) is 69.6 Å². The highest BCUT2D eigenvalue weighted by molar-refractivity contribution is 5.76. The van der Waals surface area contributed by atoms with E-state index in [4.69, 9.17) is 5.11 Å². The van der Waals surface area contributed by atoms with Crippen molar-refractivity contribution in [2.24, 2.45) is 5.41 Å². The second kappa shape index (κ2) is 6.17. The van der Waals surface area contributed by atoms with Gasteiger partial charge in [-0.2, -0.15) is 0 Å². The molecule has 0 aliphatic heterocycles. The first-order valence-corrected chi connectivity index (χ1v) is 6.76. The largest absolute Gasteiger partial charge is 0.481 e. The van der Waals surface area contributed by atoms with Gasteiger partial charge in [0.1, 0.15) is 0 Å². The van der Waals surface area contributed by atoms with Gasteiger partial charge >= 0.3 is 5.97 Å². The van der Waals surface area contributed by atoms with Crippen LogP contribution in [0.1, 0.15) is 30.7 Å². The Hall–Kier alpha value is -1.39. The maximum absolute atomic E-state index is 11.3. The van der Waals surface area contributed by atoms with Crippen LogP contribution in [0.25, 0.3) is 0 Å². The summed E-state index contributed by atoms with van der Waals surface area (Å²) in [5.41, 5.74) is 1.05. The summed E-state index contributed by atoms with van der Waals surface area (Å²) in [4.78, 5) is 11.3. The smallest absolute Gasteiger partial charge is 0.312 e. The molecule has 104 valence electrons. The van der Waals surface area contributed by atoms with Crippen LogP contribution in [0.4, 0.5) is 0 Å². The molecule has 1 atom stereocenters. The molecule has 4 nitrogen and oxygen atoms in total. The Labute approximate surface area is 113 Å². The summed E-state index contributed by atoms with van der Waals surface area (Å²) < 4.78 is 0. The molecule has 0 amide bonds. The van der Waals surface area contributed by atoms with Crippen molar-refractivity contribution in [2.45, 2.75) is 25.2 Å². The Morgan fingerprint density at radius 2 is 2.00 bits per heavy atom. The first-order valence-electron chi connectivity index (χ1n) is 6.76. The number of aliphatic hydroxyl groups excluding tert-OH is 1. The molecular weight excluding hydrogens is 242 g/mol. The standard InChI is InChI=1S/C15H21NO3/c17-9-8-15(6-7-15)11-16-10-13(14(18)19)12-4-2-1-3-5-12/h1-5,13,16-17H,6-11H2,(H,18,19). The number of benzene rings is 1. The number of nitrogens with one attached hydrogen (secondary N) is 1. The number of aliphatic carboxylic acids is 1. The molecule has 0 heterocycles. The number of carboxylic acid groups (broad SMARTS) is 1. The molecule has 0 spiro atoms. The fraction of sp³-hybridized carbons (Fsp3) is 0.533. The molecule has 1 fully saturated rings. The minimum absolute atomic E-state index is 0.211. The molecule has 3 N–H and O–H groups in total. The SMILES string of the molecule is O=C(O)C(CNCC1(CCO)CC1)c1ccccc1. The summed E-state index contributed by atoms with van der Waals surface area (Å²) in [7, 11) is 0. The van der Waals surface area contributed by atoms with E-state index >= 15 is 0 Å². The Kier molecular flexibility index (Phi) is 4.56. The van der Waals surface area contributed by atoms with E-state index in [0.717, 1.165) is 31.4 Å². The van der Waals surface area contributed by atoms with E-state index in [1.54, 1.807) is 0 Å². The number of rotatable bonds is 8. The summed E-state index contributed by atoms with van der Waals surface area (Å²) in [5.74, 6) is -1.31. The predicted octanol–water partition coefficient (Wildman–Crippen LogP) is 1.61. The van der Waals surface area contributed by atoms with E-state index in [-0.39, 0.29) is 12.0 Å². The van der Waals surface area contributed by atoms with Gasteiger partial charge in [0.25, 0.3) is 0 Å². The second-order valence-corrected chi connectivity index (χ2v) is 5.41. The second-order valence-electron chi connectivity index (χ2n) is 5.41. The van der Waals surface area contributed by atoms with Crippen molar-refractivity contribution in [2.75, 3.05) is 19.7 Å². The average Bonchev–Trinajstić information content (AvgIpc) is 3.16. The number of carbonyl (C=O) groups is 1. The molecule has 1 aromatic carbocycles. The first kappa shape index (κ1) is 14.0. The Morgan fingerprint density at radius 3 is 2.53 bits per heavy atom. The lowest BCUT2D eigenvalue weighted by molar-refractivity contribution is -0.138. The summed E-state index contributed by atoms with van der Waals surface area (Å²) >= 11 is 0. The molecule has 1 aliphatic carbocycles. The molecule has 0 bridgehead atoms. The lowest BCUT2D eigenvalue weighted by Crippen LogP contribution is -2.31. The first-order chi connectivity index (χ1) is 9.17. The molecule has 0 radical (unpaired) electrons. The fourth-order valence-corrected chi connectivity index (χ4v) is 2.44. The van der Waals surface area contributed by atoms with Gasteiger partial charge in [-0.25, -0.2) is 0 Å². The van der Waals surface area contributed by atoms with Crippen molar-refractivity contribution in [1.29, 1.82) is 0 Å². The van der Waals surface area contributed by atoms with Crippen molar-refractivity contribution in [3.63, 3.8) is 0 Å². The predicted molar refractivity (Wildman–Crippen MR) is 73.1 cm³/mol. The molecule has 1 saturated carbocycles. The highest BCUT2D eigenvalue weighted by atomic mass is 16.4. The van der Waals surface area contributed by atoms with Gasteiger partial charge in [0.2, 0.25) is 0 Å². The monoisotopic (exact) mass is 263 g/mol. The maximum atomic E-state index is 11.3. The van der Waals surface area contributed by atoms with Gasteiger partial charge in [0.05, 0.1) is 5.92 Å². The lowest BCUT2D eigenvalue weighted by Gasteiger charge is -2.18. The molecular formula is C15H21NO3. The fourth-order valence-electron chi connectivity index (χ4n) is 2.44. The van der Waals surface area contributed by atoms with Crippen molar-refractivity contribution in [3.05, 3.63) is 35.9 Å². The molecule has 1 aliphatic rings. The van der Waals surface area contributed by atoms with Gasteiger partial charge in [0.15, 0.2) is 0 Å². The minimum Gasteiger partial charge on any atom is -0.481 e. The maximum Gasteiger partial charge on any atom is 0.312 e. The molecule has 2 rings (SSSR count). The van der Waals surface area contributed by atoms with Crippen LogP contribution in [0.5, 0.6) is 0 Å². The van der Waals surface area contributed by atoms with Crippen molar-refractivity contribution in [1.82, 2.24) is 5.32 Å². The van der Waals surface area contributed by atoms with E-state index in [9.17, 15) is 9.90 Å². The van der Waals surface area contributed by atoms with Crippen LogP contribution in [0.3, 0.4) is 0 Å². The zero-order valence-corrected chi connectivity index (χ0v) is 11.0. The van der Waals surface area contributed by atoms with Gasteiger partial charge in [-0.15, -0.1) is 0 Å². The van der Waals surface area contributed by atoms with E-state index in [2.05, 4.69) is 5.32 Å². The molecule has 0 saturated heterocycles. The minimum atomic E-state index is -0.800. The summed E-state index contributed by atoms with van der Waals surface area (Å²) in [6, 6.07) is 9.30. The molecule has 0 aromatic heterocycles. The van der Waals surface area contributed by atoms with Crippen LogP contribution < -0.4 is 5.32 Å².